The SMILES string of the molecule is CCOC(=O)c1oc(-c2cc(C)n(C)n2)nc1CC. The molecule has 0 aliphatic carbocycles. The van der Waals surface area contributed by atoms with E-state index in [0.717, 1.165) is 5.69 Å². The number of hydrogen-bond acceptors (Lipinski definition) is 5. The van der Waals surface area contributed by atoms with Crippen molar-refractivity contribution in [2.45, 2.75) is 27.2 Å². The Labute approximate surface area is 111 Å². The number of aromatic nitrogens is 3. The Hall–Kier alpha value is -2.11. The van der Waals surface area contributed by atoms with Gasteiger partial charge in [0.25, 0.3) is 0 Å². The number of hydrogen-bond donors (Lipinski definition) is 0. The van der Waals surface area contributed by atoms with Crippen LogP contribution < -0.4 is 0 Å². The molecule has 2 heterocycles. The average Bonchev–Trinajstić information content (AvgIpc) is 2.94. The number of carbonyl (C=O) groups is 1. The van der Waals surface area contributed by atoms with Gasteiger partial charge in [0.1, 0.15) is 5.69 Å². The van der Waals surface area contributed by atoms with Crippen LogP contribution in [0.2, 0.25) is 0 Å². The van der Waals surface area contributed by atoms with E-state index in [1.165, 1.54) is 0 Å². The third-order valence-corrected chi connectivity index (χ3v) is 2.83. The molecule has 2 aromatic heterocycles. The Morgan fingerprint density at radius 3 is 2.74 bits per heavy atom. The normalized spacial score (nSPS) is 10.7. The first kappa shape index (κ1) is 13.3. The lowest BCUT2D eigenvalue weighted by molar-refractivity contribution is 0.0489. The fraction of sp³-hybridized carbons (Fsp3) is 0.462. The fourth-order valence-electron chi connectivity index (χ4n) is 1.72. The Bertz CT molecular complexity index is 579. The number of esters is 1. The molecule has 0 saturated carbocycles. The minimum atomic E-state index is -0.481. The Morgan fingerprint density at radius 2 is 2.21 bits per heavy atom. The number of rotatable bonds is 4. The lowest BCUT2D eigenvalue weighted by Gasteiger charge is -1.98. The molecule has 6 nitrogen and oxygen atoms in total. The van der Waals surface area contributed by atoms with Crippen LogP contribution in [-0.4, -0.2) is 27.3 Å². The molecule has 0 fully saturated rings. The highest BCUT2D eigenvalue weighted by molar-refractivity contribution is 5.88. The van der Waals surface area contributed by atoms with E-state index in [9.17, 15) is 4.79 Å². The Kier molecular flexibility index (Phi) is 3.69. The summed E-state index contributed by atoms with van der Waals surface area (Å²) in [5.74, 6) is 0.0389. The van der Waals surface area contributed by atoms with Gasteiger partial charge in [-0.25, -0.2) is 9.78 Å². The van der Waals surface area contributed by atoms with E-state index in [1.807, 2.05) is 27.0 Å². The van der Waals surface area contributed by atoms with Crippen molar-refractivity contribution in [3.05, 3.63) is 23.2 Å². The first-order valence-corrected chi connectivity index (χ1v) is 6.24. The standard InChI is InChI=1S/C13H17N3O3/c1-5-9-11(13(17)18-6-2)19-12(14-9)10-7-8(3)16(4)15-10/h7H,5-6H2,1-4H3. The van der Waals surface area contributed by atoms with Crippen molar-refractivity contribution < 1.29 is 13.9 Å². The molecular formula is C13H17N3O3. The van der Waals surface area contributed by atoms with E-state index >= 15 is 0 Å². The quantitative estimate of drug-likeness (QED) is 0.790. The summed E-state index contributed by atoms with van der Waals surface area (Å²) >= 11 is 0. The van der Waals surface area contributed by atoms with Crippen molar-refractivity contribution in [2.24, 2.45) is 7.05 Å². The van der Waals surface area contributed by atoms with Gasteiger partial charge < -0.3 is 9.15 Å². The van der Waals surface area contributed by atoms with Gasteiger partial charge in [-0.3, -0.25) is 4.68 Å². The molecule has 2 aromatic rings. The van der Waals surface area contributed by atoms with Crippen LogP contribution in [0.3, 0.4) is 0 Å². The molecule has 6 heteroatoms. The summed E-state index contributed by atoms with van der Waals surface area (Å²) < 4.78 is 12.2. The maximum Gasteiger partial charge on any atom is 0.376 e. The summed E-state index contributed by atoms with van der Waals surface area (Å²) in [4.78, 5) is 16.1. The van der Waals surface area contributed by atoms with Crippen molar-refractivity contribution >= 4 is 5.97 Å². The van der Waals surface area contributed by atoms with Gasteiger partial charge >= 0.3 is 5.97 Å². The van der Waals surface area contributed by atoms with Gasteiger partial charge in [-0.2, -0.15) is 5.10 Å². The summed E-state index contributed by atoms with van der Waals surface area (Å²) in [7, 11) is 1.84. The average molecular weight is 263 g/mol. The molecule has 0 aromatic carbocycles. The molecule has 2 rings (SSSR count). The molecule has 19 heavy (non-hydrogen) atoms. The summed E-state index contributed by atoms with van der Waals surface area (Å²) in [6, 6.07) is 1.86. The molecule has 0 saturated heterocycles. The van der Waals surface area contributed by atoms with Crippen molar-refractivity contribution in [1.29, 1.82) is 0 Å². The number of nitrogens with zero attached hydrogens (tertiary/aromatic N) is 3. The maximum atomic E-state index is 11.8. The minimum Gasteiger partial charge on any atom is -0.460 e. The van der Waals surface area contributed by atoms with E-state index < -0.39 is 5.97 Å². The summed E-state index contributed by atoms with van der Waals surface area (Å²) in [6.45, 7) is 5.91. The molecule has 0 spiro atoms. The van der Waals surface area contributed by atoms with Crippen LogP contribution in [0.1, 0.15) is 35.8 Å². The highest BCUT2D eigenvalue weighted by Crippen LogP contribution is 2.22. The van der Waals surface area contributed by atoms with Crippen molar-refractivity contribution in [2.75, 3.05) is 6.61 Å². The molecule has 0 unspecified atom stereocenters. The fourth-order valence-corrected chi connectivity index (χ4v) is 1.72. The topological polar surface area (TPSA) is 70.2 Å². The number of carbonyl (C=O) groups excluding carboxylic acids is 1. The maximum absolute atomic E-state index is 11.8. The largest absolute Gasteiger partial charge is 0.460 e. The van der Waals surface area contributed by atoms with Crippen molar-refractivity contribution in [1.82, 2.24) is 14.8 Å². The van der Waals surface area contributed by atoms with Crippen LogP contribution in [0.5, 0.6) is 0 Å². The predicted octanol–water partition coefficient (Wildman–Crippen LogP) is 2.12. The molecule has 0 aliphatic rings. The van der Waals surface area contributed by atoms with E-state index in [1.54, 1.807) is 11.6 Å². The van der Waals surface area contributed by atoms with E-state index in [2.05, 4.69) is 10.1 Å². The summed E-state index contributed by atoms with van der Waals surface area (Å²) in [5.41, 5.74) is 2.20. The van der Waals surface area contributed by atoms with Crippen LogP contribution in [0.15, 0.2) is 10.5 Å². The van der Waals surface area contributed by atoms with Crippen LogP contribution in [0, 0.1) is 6.92 Å². The third kappa shape index (κ3) is 2.52. The van der Waals surface area contributed by atoms with Crippen LogP contribution >= 0.6 is 0 Å². The number of ether oxygens (including phenoxy) is 1. The van der Waals surface area contributed by atoms with Crippen LogP contribution in [-0.2, 0) is 18.2 Å². The zero-order valence-corrected chi connectivity index (χ0v) is 11.6. The highest BCUT2D eigenvalue weighted by Gasteiger charge is 2.22. The number of aryl methyl sites for hydroxylation is 3. The van der Waals surface area contributed by atoms with Crippen LogP contribution in [0.4, 0.5) is 0 Å². The van der Waals surface area contributed by atoms with Gasteiger partial charge in [-0.1, -0.05) is 6.92 Å². The molecule has 0 radical (unpaired) electrons. The van der Waals surface area contributed by atoms with Gasteiger partial charge in [-0.05, 0) is 26.3 Å². The summed E-state index contributed by atoms with van der Waals surface area (Å²) in [5, 5.41) is 4.28. The van der Waals surface area contributed by atoms with Gasteiger partial charge in [0.05, 0.1) is 12.3 Å². The summed E-state index contributed by atoms with van der Waals surface area (Å²) in [6.07, 6.45) is 0.601. The van der Waals surface area contributed by atoms with Gasteiger partial charge in [0, 0.05) is 12.7 Å². The second kappa shape index (κ2) is 5.26. The predicted molar refractivity (Wildman–Crippen MR) is 68.8 cm³/mol. The van der Waals surface area contributed by atoms with Gasteiger partial charge in [0.2, 0.25) is 11.7 Å². The van der Waals surface area contributed by atoms with Crippen LogP contribution in [0.25, 0.3) is 11.6 Å². The molecule has 0 bridgehead atoms. The first-order valence-electron chi connectivity index (χ1n) is 6.24. The zero-order valence-electron chi connectivity index (χ0n) is 11.6. The molecule has 0 atom stereocenters. The zero-order chi connectivity index (χ0) is 14.0. The Balaban J connectivity index is 2.40. The highest BCUT2D eigenvalue weighted by atomic mass is 16.5. The first-order chi connectivity index (χ1) is 9.06. The van der Waals surface area contributed by atoms with E-state index in [-0.39, 0.29) is 5.76 Å². The lowest BCUT2D eigenvalue weighted by atomic mass is 10.3. The van der Waals surface area contributed by atoms with E-state index in [4.69, 9.17) is 9.15 Å². The number of oxazole rings is 1. The minimum absolute atomic E-state index is 0.169. The monoisotopic (exact) mass is 263 g/mol. The van der Waals surface area contributed by atoms with E-state index in [0.29, 0.717) is 30.3 Å². The lowest BCUT2D eigenvalue weighted by Crippen LogP contribution is -2.05. The second-order valence-electron chi connectivity index (χ2n) is 4.16. The van der Waals surface area contributed by atoms with Gasteiger partial charge in [-0.15, -0.1) is 0 Å². The molecule has 0 aliphatic heterocycles. The Morgan fingerprint density at radius 1 is 1.47 bits per heavy atom. The van der Waals surface area contributed by atoms with Crippen molar-refractivity contribution in [3.8, 4) is 11.6 Å². The van der Waals surface area contributed by atoms with Crippen molar-refractivity contribution in [3.63, 3.8) is 0 Å². The molecular weight excluding hydrogens is 246 g/mol. The van der Waals surface area contributed by atoms with Gasteiger partial charge in [0.15, 0.2) is 0 Å². The second-order valence-corrected chi connectivity index (χ2v) is 4.16. The molecule has 102 valence electrons. The third-order valence-electron chi connectivity index (χ3n) is 2.83. The smallest absolute Gasteiger partial charge is 0.376 e. The molecule has 0 amide bonds. The molecule has 0 N–H and O–H groups in total.